The number of aryl methyl sites for hydroxylation is 1. The molecule has 4 nitrogen and oxygen atoms in total. The highest BCUT2D eigenvalue weighted by Crippen LogP contribution is 2.55. The highest BCUT2D eigenvalue weighted by Gasteiger charge is 2.54. The SMILES string of the molecule is CCCc1nc(C(C)(N)C2(C)CC2)no1. The summed E-state index contributed by atoms with van der Waals surface area (Å²) in [6.45, 7) is 6.27. The Kier molecular flexibility index (Phi) is 2.34. The Bertz CT molecular complexity index is 352. The first-order valence-corrected chi connectivity index (χ1v) is 5.61. The van der Waals surface area contributed by atoms with E-state index in [2.05, 4.69) is 24.0 Å². The van der Waals surface area contributed by atoms with E-state index in [1.54, 1.807) is 0 Å². The van der Waals surface area contributed by atoms with E-state index in [4.69, 9.17) is 10.3 Å². The molecular formula is C11H19N3O. The molecule has 0 radical (unpaired) electrons. The first-order valence-electron chi connectivity index (χ1n) is 5.61. The van der Waals surface area contributed by atoms with Crippen LogP contribution in [-0.4, -0.2) is 10.1 Å². The Morgan fingerprint density at radius 2 is 2.20 bits per heavy atom. The molecule has 1 fully saturated rings. The molecule has 15 heavy (non-hydrogen) atoms. The quantitative estimate of drug-likeness (QED) is 0.823. The Morgan fingerprint density at radius 3 is 2.73 bits per heavy atom. The Labute approximate surface area is 90.2 Å². The molecule has 0 aromatic carbocycles. The summed E-state index contributed by atoms with van der Waals surface area (Å²) in [5.74, 6) is 1.36. The molecule has 1 aromatic rings. The van der Waals surface area contributed by atoms with Gasteiger partial charge >= 0.3 is 0 Å². The van der Waals surface area contributed by atoms with Crippen LogP contribution in [0, 0.1) is 5.41 Å². The lowest BCUT2D eigenvalue weighted by Crippen LogP contribution is -2.42. The molecule has 1 heterocycles. The monoisotopic (exact) mass is 209 g/mol. The van der Waals surface area contributed by atoms with Crippen LogP contribution >= 0.6 is 0 Å². The summed E-state index contributed by atoms with van der Waals surface area (Å²) < 4.78 is 5.17. The van der Waals surface area contributed by atoms with Crippen LogP contribution in [0.3, 0.4) is 0 Å². The van der Waals surface area contributed by atoms with Crippen LogP contribution in [-0.2, 0) is 12.0 Å². The van der Waals surface area contributed by atoms with Crippen LogP contribution in [0.15, 0.2) is 4.52 Å². The van der Waals surface area contributed by atoms with Crippen LogP contribution in [0.4, 0.5) is 0 Å². The van der Waals surface area contributed by atoms with Gasteiger partial charge in [0.2, 0.25) is 5.89 Å². The Hall–Kier alpha value is -0.900. The van der Waals surface area contributed by atoms with E-state index in [0.717, 1.165) is 25.7 Å². The molecule has 0 saturated heterocycles. The molecule has 1 aliphatic carbocycles. The standard InChI is InChI=1S/C11H19N3O/c1-4-5-8-13-9(14-15-8)11(3,12)10(2)6-7-10/h4-7,12H2,1-3H3. The van der Waals surface area contributed by atoms with Gasteiger partial charge in [-0.15, -0.1) is 0 Å². The van der Waals surface area contributed by atoms with Gasteiger partial charge in [0.1, 0.15) is 0 Å². The van der Waals surface area contributed by atoms with Gasteiger partial charge in [-0.3, -0.25) is 0 Å². The predicted molar refractivity (Wildman–Crippen MR) is 57.2 cm³/mol. The van der Waals surface area contributed by atoms with Gasteiger partial charge < -0.3 is 10.3 Å². The normalized spacial score (nSPS) is 22.4. The van der Waals surface area contributed by atoms with E-state index >= 15 is 0 Å². The van der Waals surface area contributed by atoms with E-state index in [1.807, 2.05) is 6.92 Å². The van der Waals surface area contributed by atoms with Crippen LogP contribution < -0.4 is 5.73 Å². The summed E-state index contributed by atoms with van der Waals surface area (Å²) >= 11 is 0. The lowest BCUT2D eigenvalue weighted by molar-refractivity contribution is 0.269. The molecule has 2 N–H and O–H groups in total. The lowest BCUT2D eigenvalue weighted by Gasteiger charge is -2.27. The van der Waals surface area contributed by atoms with Gasteiger partial charge in [-0.1, -0.05) is 19.0 Å². The van der Waals surface area contributed by atoms with Crippen molar-refractivity contribution in [3.8, 4) is 0 Å². The van der Waals surface area contributed by atoms with Crippen molar-refractivity contribution in [2.75, 3.05) is 0 Å². The molecule has 1 saturated carbocycles. The van der Waals surface area contributed by atoms with Crippen molar-refractivity contribution in [2.45, 2.75) is 52.0 Å². The summed E-state index contributed by atoms with van der Waals surface area (Å²) in [5.41, 5.74) is 6.00. The number of nitrogens with zero attached hydrogens (tertiary/aromatic N) is 2. The fraction of sp³-hybridized carbons (Fsp3) is 0.818. The van der Waals surface area contributed by atoms with Crippen LogP contribution in [0.25, 0.3) is 0 Å². The molecule has 4 heteroatoms. The predicted octanol–water partition coefficient (Wildman–Crippen LogP) is 2.00. The molecule has 1 atom stereocenters. The van der Waals surface area contributed by atoms with Gasteiger partial charge in [-0.2, -0.15) is 4.98 Å². The number of aromatic nitrogens is 2. The molecule has 0 spiro atoms. The second-order valence-electron chi connectivity index (χ2n) is 5.02. The zero-order valence-corrected chi connectivity index (χ0v) is 9.71. The van der Waals surface area contributed by atoms with Crippen LogP contribution in [0.2, 0.25) is 0 Å². The first-order chi connectivity index (χ1) is 6.99. The van der Waals surface area contributed by atoms with Gasteiger partial charge in [0.05, 0.1) is 5.54 Å². The Balaban J connectivity index is 2.21. The van der Waals surface area contributed by atoms with E-state index in [0.29, 0.717) is 11.7 Å². The molecule has 1 aliphatic rings. The molecule has 1 aromatic heterocycles. The third kappa shape index (κ3) is 1.67. The average Bonchev–Trinajstić information content (AvgIpc) is 2.78. The summed E-state index contributed by atoms with van der Waals surface area (Å²) in [6, 6.07) is 0. The van der Waals surface area contributed by atoms with Crippen molar-refractivity contribution in [2.24, 2.45) is 11.1 Å². The van der Waals surface area contributed by atoms with Gasteiger partial charge in [-0.05, 0) is 31.6 Å². The topological polar surface area (TPSA) is 64.9 Å². The average molecular weight is 209 g/mol. The minimum absolute atomic E-state index is 0.153. The summed E-state index contributed by atoms with van der Waals surface area (Å²) in [5, 5.41) is 4.00. The maximum atomic E-state index is 6.30. The largest absolute Gasteiger partial charge is 0.339 e. The second-order valence-corrected chi connectivity index (χ2v) is 5.02. The first kappa shape index (κ1) is 10.6. The molecule has 0 aliphatic heterocycles. The van der Waals surface area contributed by atoms with Crippen molar-refractivity contribution in [1.82, 2.24) is 10.1 Å². The molecule has 0 bridgehead atoms. The zero-order chi connectivity index (χ0) is 11.1. The van der Waals surface area contributed by atoms with Crippen molar-refractivity contribution >= 4 is 0 Å². The molecular weight excluding hydrogens is 190 g/mol. The van der Waals surface area contributed by atoms with Crippen LogP contribution in [0.5, 0.6) is 0 Å². The molecule has 0 amide bonds. The smallest absolute Gasteiger partial charge is 0.226 e. The fourth-order valence-corrected chi connectivity index (χ4v) is 1.76. The van der Waals surface area contributed by atoms with Crippen molar-refractivity contribution in [3.05, 3.63) is 11.7 Å². The molecule has 1 unspecified atom stereocenters. The number of rotatable bonds is 4. The highest BCUT2D eigenvalue weighted by atomic mass is 16.5. The van der Waals surface area contributed by atoms with E-state index < -0.39 is 5.54 Å². The maximum absolute atomic E-state index is 6.30. The third-order valence-electron chi connectivity index (χ3n) is 3.65. The van der Waals surface area contributed by atoms with Crippen molar-refractivity contribution in [1.29, 1.82) is 0 Å². The zero-order valence-electron chi connectivity index (χ0n) is 9.71. The van der Waals surface area contributed by atoms with Gasteiger partial charge in [-0.25, -0.2) is 0 Å². The highest BCUT2D eigenvalue weighted by molar-refractivity contribution is 5.15. The minimum atomic E-state index is -0.456. The minimum Gasteiger partial charge on any atom is -0.339 e. The van der Waals surface area contributed by atoms with E-state index in [1.165, 1.54) is 0 Å². The third-order valence-corrected chi connectivity index (χ3v) is 3.65. The van der Waals surface area contributed by atoms with E-state index in [9.17, 15) is 0 Å². The number of hydrogen-bond donors (Lipinski definition) is 1. The van der Waals surface area contributed by atoms with E-state index in [-0.39, 0.29) is 5.41 Å². The lowest BCUT2D eigenvalue weighted by atomic mass is 9.84. The Morgan fingerprint density at radius 1 is 1.53 bits per heavy atom. The second kappa shape index (κ2) is 3.30. The molecule has 2 rings (SSSR count). The van der Waals surface area contributed by atoms with Gasteiger partial charge in [0.15, 0.2) is 5.82 Å². The summed E-state index contributed by atoms with van der Waals surface area (Å²) in [6.07, 6.45) is 4.15. The van der Waals surface area contributed by atoms with Crippen LogP contribution in [0.1, 0.15) is 51.7 Å². The van der Waals surface area contributed by atoms with Crippen molar-refractivity contribution in [3.63, 3.8) is 0 Å². The molecule has 84 valence electrons. The van der Waals surface area contributed by atoms with Gasteiger partial charge in [0, 0.05) is 6.42 Å². The summed E-state index contributed by atoms with van der Waals surface area (Å²) in [7, 11) is 0. The van der Waals surface area contributed by atoms with Crippen molar-refractivity contribution < 1.29 is 4.52 Å². The number of hydrogen-bond acceptors (Lipinski definition) is 4. The maximum Gasteiger partial charge on any atom is 0.226 e. The van der Waals surface area contributed by atoms with Gasteiger partial charge in [0.25, 0.3) is 0 Å². The number of nitrogens with two attached hydrogens (primary N) is 1. The fourth-order valence-electron chi connectivity index (χ4n) is 1.76. The summed E-state index contributed by atoms with van der Waals surface area (Å²) in [4.78, 5) is 4.38.